The fourth-order valence-corrected chi connectivity index (χ4v) is 3.46. The fraction of sp³-hybridized carbons (Fsp3) is 0.227. The van der Waals surface area contributed by atoms with Crippen LogP contribution in [0.1, 0.15) is 35.5 Å². The van der Waals surface area contributed by atoms with Gasteiger partial charge in [0.1, 0.15) is 5.54 Å². The Morgan fingerprint density at radius 3 is 2.32 bits per heavy atom. The summed E-state index contributed by atoms with van der Waals surface area (Å²) >= 11 is 5.88. The monoisotopic (exact) mass is 446 g/mol. The number of carbonyl (C=O) groups is 3. The SMILES string of the molecule is Cc1c(CC(=O)NC(C)(C)C(=O)O)c2c(F)c(O)ccc2n1C(=O)c1ccc(Cl)cc1. The molecule has 31 heavy (non-hydrogen) atoms. The van der Waals surface area contributed by atoms with Crippen LogP contribution in [0.15, 0.2) is 36.4 Å². The highest BCUT2D eigenvalue weighted by Crippen LogP contribution is 2.33. The quantitative estimate of drug-likeness (QED) is 0.554. The zero-order valence-electron chi connectivity index (χ0n) is 17.0. The van der Waals surface area contributed by atoms with Crippen molar-refractivity contribution >= 4 is 40.3 Å². The number of halogens is 2. The zero-order valence-corrected chi connectivity index (χ0v) is 17.7. The maximum absolute atomic E-state index is 14.9. The number of aromatic nitrogens is 1. The first-order valence-electron chi connectivity index (χ1n) is 9.30. The van der Waals surface area contributed by atoms with Crippen molar-refractivity contribution in [3.63, 3.8) is 0 Å². The molecule has 0 radical (unpaired) electrons. The van der Waals surface area contributed by atoms with Gasteiger partial charge in [-0.25, -0.2) is 9.18 Å². The molecule has 7 nitrogen and oxygen atoms in total. The predicted octanol–water partition coefficient (Wildman–Crippen LogP) is 3.66. The van der Waals surface area contributed by atoms with Gasteiger partial charge in [0.05, 0.1) is 11.9 Å². The number of amides is 1. The second kappa shape index (κ2) is 8.03. The number of carboxylic acid groups (broad SMARTS) is 1. The van der Waals surface area contributed by atoms with Crippen LogP contribution in [0.5, 0.6) is 5.75 Å². The average Bonchev–Trinajstić information content (AvgIpc) is 2.96. The van der Waals surface area contributed by atoms with Crippen LogP contribution >= 0.6 is 11.6 Å². The maximum atomic E-state index is 14.9. The number of nitrogens with one attached hydrogen (secondary N) is 1. The topological polar surface area (TPSA) is 109 Å². The number of nitrogens with zero attached hydrogens (tertiary/aromatic N) is 1. The van der Waals surface area contributed by atoms with E-state index in [9.17, 15) is 29.0 Å². The smallest absolute Gasteiger partial charge is 0.328 e. The largest absolute Gasteiger partial charge is 0.505 e. The van der Waals surface area contributed by atoms with Gasteiger partial charge in [-0.3, -0.25) is 14.2 Å². The molecule has 0 aliphatic carbocycles. The van der Waals surface area contributed by atoms with E-state index in [4.69, 9.17) is 11.6 Å². The summed E-state index contributed by atoms with van der Waals surface area (Å²) < 4.78 is 16.1. The number of phenolic OH excluding ortho intramolecular Hbond substituents is 1. The highest BCUT2D eigenvalue weighted by Gasteiger charge is 2.31. The third kappa shape index (κ3) is 4.11. The number of hydrogen-bond acceptors (Lipinski definition) is 4. The normalized spacial score (nSPS) is 11.5. The van der Waals surface area contributed by atoms with Crippen molar-refractivity contribution < 1.29 is 29.0 Å². The summed E-state index contributed by atoms with van der Waals surface area (Å²) in [6, 6.07) is 8.65. The summed E-state index contributed by atoms with van der Waals surface area (Å²) in [4.78, 5) is 37.0. The lowest BCUT2D eigenvalue weighted by Gasteiger charge is -2.21. The van der Waals surface area contributed by atoms with Gasteiger partial charge >= 0.3 is 5.97 Å². The Kier molecular flexibility index (Phi) is 5.78. The van der Waals surface area contributed by atoms with Crippen molar-refractivity contribution in [3.8, 4) is 5.75 Å². The molecule has 0 spiro atoms. The molecule has 0 saturated heterocycles. The van der Waals surface area contributed by atoms with E-state index < -0.39 is 34.9 Å². The Labute approximate surface area is 182 Å². The Morgan fingerprint density at radius 1 is 1.13 bits per heavy atom. The standard InChI is InChI=1S/C22H20ClFN2O5/c1-11-14(10-17(28)25-22(2,3)21(30)31)18-15(8-9-16(27)19(18)24)26(11)20(29)12-4-6-13(23)7-5-12/h4-9,27H,10H2,1-3H3,(H,25,28)(H,30,31). The van der Waals surface area contributed by atoms with Gasteiger partial charge in [0.2, 0.25) is 5.91 Å². The number of carboxylic acids is 1. The van der Waals surface area contributed by atoms with Crippen molar-refractivity contribution in [3.05, 3.63) is 64.1 Å². The molecule has 0 atom stereocenters. The molecule has 0 unspecified atom stereocenters. The van der Waals surface area contributed by atoms with Crippen LogP contribution in [0.25, 0.3) is 10.9 Å². The van der Waals surface area contributed by atoms with Gasteiger partial charge in [0.15, 0.2) is 11.6 Å². The van der Waals surface area contributed by atoms with Crippen LogP contribution in [-0.2, 0) is 16.0 Å². The van der Waals surface area contributed by atoms with Crippen LogP contribution in [0.3, 0.4) is 0 Å². The first-order valence-corrected chi connectivity index (χ1v) is 9.68. The summed E-state index contributed by atoms with van der Waals surface area (Å²) in [6.07, 6.45) is -0.389. The van der Waals surface area contributed by atoms with Crippen molar-refractivity contribution in [2.75, 3.05) is 0 Å². The number of phenols is 1. The van der Waals surface area contributed by atoms with Crippen LogP contribution in [0.2, 0.25) is 5.02 Å². The number of hydrogen-bond donors (Lipinski definition) is 3. The van der Waals surface area contributed by atoms with E-state index >= 15 is 0 Å². The highest BCUT2D eigenvalue weighted by molar-refractivity contribution is 6.30. The Balaban J connectivity index is 2.14. The molecule has 3 aromatic rings. The summed E-state index contributed by atoms with van der Waals surface area (Å²) in [5, 5.41) is 21.8. The van der Waals surface area contributed by atoms with Gasteiger partial charge in [0.25, 0.3) is 5.91 Å². The first kappa shape index (κ1) is 22.3. The number of fused-ring (bicyclic) bond motifs is 1. The van der Waals surface area contributed by atoms with Crippen molar-refractivity contribution in [2.45, 2.75) is 32.7 Å². The lowest BCUT2D eigenvalue weighted by Crippen LogP contribution is -2.50. The van der Waals surface area contributed by atoms with E-state index in [1.807, 2.05) is 0 Å². The summed E-state index contributed by atoms with van der Waals surface area (Å²) in [5.74, 6) is -3.97. The second-order valence-corrected chi connectivity index (χ2v) is 8.10. The molecule has 9 heteroatoms. The molecule has 1 aromatic heterocycles. The predicted molar refractivity (Wildman–Crippen MR) is 113 cm³/mol. The summed E-state index contributed by atoms with van der Waals surface area (Å²) in [7, 11) is 0. The minimum Gasteiger partial charge on any atom is -0.505 e. The third-order valence-corrected chi connectivity index (χ3v) is 5.28. The van der Waals surface area contributed by atoms with E-state index in [1.54, 1.807) is 19.1 Å². The summed E-state index contributed by atoms with van der Waals surface area (Å²) in [5.41, 5.74) is -0.607. The molecular weight excluding hydrogens is 427 g/mol. The molecule has 1 heterocycles. The molecule has 162 valence electrons. The van der Waals surface area contributed by atoms with Crippen molar-refractivity contribution in [1.29, 1.82) is 0 Å². The van der Waals surface area contributed by atoms with Gasteiger partial charge in [-0.05, 0) is 62.7 Å². The van der Waals surface area contributed by atoms with E-state index in [2.05, 4.69) is 5.32 Å². The van der Waals surface area contributed by atoms with E-state index in [0.29, 0.717) is 16.3 Å². The van der Waals surface area contributed by atoms with Gasteiger partial charge in [-0.1, -0.05) is 11.6 Å². The number of carbonyl (C=O) groups excluding carboxylic acids is 2. The molecule has 0 bridgehead atoms. The van der Waals surface area contributed by atoms with E-state index in [-0.39, 0.29) is 22.9 Å². The number of aliphatic carboxylic acids is 1. The number of benzene rings is 2. The second-order valence-electron chi connectivity index (χ2n) is 7.66. The van der Waals surface area contributed by atoms with Gasteiger partial charge in [-0.15, -0.1) is 0 Å². The molecule has 0 saturated carbocycles. The lowest BCUT2D eigenvalue weighted by molar-refractivity contribution is -0.145. The molecular formula is C22H20ClFN2O5. The first-order chi connectivity index (χ1) is 14.4. The average molecular weight is 447 g/mol. The van der Waals surface area contributed by atoms with Gasteiger partial charge in [-0.2, -0.15) is 0 Å². The molecule has 0 aliphatic heterocycles. The van der Waals surface area contributed by atoms with Crippen LogP contribution in [0, 0.1) is 12.7 Å². The fourth-order valence-electron chi connectivity index (χ4n) is 3.33. The molecule has 3 N–H and O–H groups in total. The molecule has 0 fully saturated rings. The van der Waals surface area contributed by atoms with Gasteiger partial charge < -0.3 is 15.5 Å². The molecule has 3 rings (SSSR count). The third-order valence-electron chi connectivity index (χ3n) is 5.03. The van der Waals surface area contributed by atoms with E-state index in [1.165, 1.54) is 36.6 Å². The molecule has 2 aromatic carbocycles. The number of rotatable bonds is 5. The lowest BCUT2D eigenvalue weighted by atomic mass is 10.0. The zero-order chi connectivity index (χ0) is 23.1. The van der Waals surface area contributed by atoms with Gasteiger partial charge in [0, 0.05) is 21.7 Å². The Hall–Kier alpha value is -3.39. The van der Waals surface area contributed by atoms with Crippen LogP contribution < -0.4 is 5.32 Å². The van der Waals surface area contributed by atoms with Crippen LogP contribution in [0.4, 0.5) is 4.39 Å². The molecule has 1 amide bonds. The minimum atomic E-state index is -1.54. The Morgan fingerprint density at radius 2 is 1.74 bits per heavy atom. The van der Waals surface area contributed by atoms with Crippen molar-refractivity contribution in [1.82, 2.24) is 9.88 Å². The Bertz CT molecular complexity index is 1220. The minimum absolute atomic E-state index is 0.0805. The van der Waals surface area contributed by atoms with Crippen LogP contribution in [-0.4, -0.2) is 38.1 Å². The summed E-state index contributed by atoms with van der Waals surface area (Å²) in [6.45, 7) is 4.19. The maximum Gasteiger partial charge on any atom is 0.328 e. The van der Waals surface area contributed by atoms with E-state index in [0.717, 1.165) is 6.07 Å². The van der Waals surface area contributed by atoms with Crippen molar-refractivity contribution in [2.24, 2.45) is 0 Å². The number of aromatic hydroxyl groups is 1. The molecule has 0 aliphatic rings. The highest BCUT2D eigenvalue weighted by atomic mass is 35.5.